The van der Waals surface area contributed by atoms with Crippen LogP contribution in [0.1, 0.15) is 22.7 Å². The van der Waals surface area contributed by atoms with Crippen molar-refractivity contribution in [2.24, 2.45) is 32.1 Å². The number of nitrogens with one attached hydrogen (secondary N) is 2. The van der Waals surface area contributed by atoms with Gasteiger partial charge >= 0.3 is 12.0 Å². The minimum absolute atomic E-state index is 0.119. The number of nitrogens with two attached hydrogens (primary N) is 2. The number of hydrogen-bond acceptors (Lipinski definition) is 12. The Kier molecular flexibility index (Phi) is 7.71. The number of aromatic hydroxyl groups is 1. The van der Waals surface area contributed by atoms with Gasteiger partial charge in [0.25, 0.3) is 0 Å². The van der Waals surface area contributed by atoms with E-state index in [-0.39, 0.29) is 23.3 Å². The third-order valence-electron chi connectivity index (χ3n) is 7.26. The quantitative estimate of drug-likeness (QED) is 0.0570. The van der Waals surface area contributed by atoms with Gasteiger partial charge in [-0.15, -0.1) is 10.2 Å². The molecule has 42 heavy (non-hydrogen) atoms. The fraction of sp³-hybridized carbons (Fsp3) is 0.214. The normalized spacial score (nSPS) is 15.7. The van der Waals surface area contributed by atoms with E-state index in [2.05, 4.69) is 31.4 Å². The smallest absolute Gasteiger partial charge is 0.357 e. The minimum atomic E-state index is -0.414. The topological polar surface area (TPSA) is 210 Å². The molecule has 0 bridgehead atoms. The van der Waals surface area contributed by atoms with Crippen LogP contribution < -0.4 is 30.6 Å². The lowest BCUT2D eigenvalue weighted by atomic mass is 9.84. The lowest BCUT2D eigenvalue weighted by Gasteiger charge is -2.36. The van der Waals surface area contributed by atoms with Gasteiger partial charge in [-0.25, -0.2) is 0 Å². The van der Waals surface area contributed by atoms with Crippen LogP contribution in [0.2, 0.25) is 0 Å². The highest BCUT2D eigenvalue weighted by molar-refractivity contribution is 6.11. The zero-order chi connectivity index (χ0) is 30.0. The van der Waals surface area contributed by atoms with Crippen molar-refractivity contribution in [3.8, 4) is 28.7 Å². The van der Waals surface area contributed by atoms with E-state index in [4.69, 9.17) is 41.7 Å². The van der Waals surface area contributed by atoms with Gasteiger partial charge in [0.15, 0.2) is 23.0 Å². The number of hydrogen-bond donors (Lipinski definition) is 5. The van der Waals surface area contributed by atoms with Crippen molar-refractivity contribution < 1.29 is 24.1 Å². The summed E-state index contributed by atoms with van der Waals surface area (Å²) in [7, 11) is 5.19. The maximum Gasteiger partial charge on any atom is 0.357 e. The Morgan fingerprint density at radius 3 is 2.02 bits per heavy atom. The molecular weight excluding hydrogens is 542 g/mol. The third kappa shape index (κ3) is 4.94. The summed E-state index contributed by atoms with van der Waals surface area (Å²) in [5, 5.41) is 27.0. The van der Waals surface area contributed by atoms with E-state index in [1.54, 1.807) is 38.5 Å². The second-order valence-corrected chi connectivity index (χ2v) is 9.51. The number of fused-ring (bicyclic) bond motifs is 4. The van der Waals surface area contributed by atoms with Crippen LogP contribution in [0.4, 0.5) is 0 Å². The molecule has 14 heteroatoms. The SMILES string of the molecule is COc1cc2c(C3c4cc(OC(N=N)=NN)c(OC(N=N)=NN)cc4CCN3C)cc3ccc(O)cc3c2cc1OC. The molecule has 1 aliphatic rings. The Labute approximate surface area is 240 Å². The number of ether oxygens (including phenoxy) is 4. The van der Waals surface area contributed by atoms with Gasteiger partial charge in [-0.2, -0.15) is 11.1 Å². The molecule has 1 atom stereocenters. The highest BCUT2D eigenvalue weighted by Crippen LogP contribution is 2.46. The molecule has 216 valence electrons. The van der Waals surface area contributed by atoms with E-state index in [9.17, 15) is 5.11 Å². The molecule has 4 aromatic rings. The van der Waals surface area contributed by atoms with Crippen LogP contribution in [0, 0.1) is 11.1 Å². The van der Waals surface area contributed by atoms with Crippen molar-refractivity contribution in [1.82, 2.24) is 4.90 Å². The Bertz CT molecular complexity index is 1770. The molecular formula is C28H29N9O5. The maximum absolute atomic E-state index is 10.3. The number of benzene rings is 4. The molecule has 1 aliphatic heterocycles. The number of likely N-dealkylation sites (N-methyl/N-ethyl adjacent to an activating group) is 1. The van der Waals surface area contributed by atoms with Crippen molar-refractivity contribution in [2.75, 3.05) is 27.8 Å². The molecule has 0 aromatic heterocycles. The van der Waals surface area contributed by atoms with E-state index >= 15 is 0 Å². The van der Waals surface area contributed by atoms with Crippen molar-refractivity contribution >= 4 is 33.6 Å². The first-order valence-electron chi connectivity index (χ1n) is 12.7. The summed E-state index contributed by atoms with van der Waals surface area (Å²) in [6.07, 6.45) is 0.670. The first-order chi connectivity index (χ1) is 20.3. The van der Waals surface area contributed by atoms with Crippen molar-refractivity contribution in [1.29, 1.82) is 11.1 Å². The second-order valence-electron chi connectivity index (χ2n) is 9.51. The summed E-state index contributed by atoms with van der Waals surface area (Å²) in [5.41, 5.74) is 17.4. The van der Waals surface area contributed by atoms with E-state index in [1.807, 2.05) is 25.2 Å². The molecule has 14 nitrogen and oxygen atoms in total. The fourth-order valence-corrected chi connectivity index (χ4v) is 5.38. The largest absolute Gasteiger partial charge is 0.508 e. The highest BCUT2D eigenvalue weighted by atomic mass is 16.5. The van der Waals surface area contributed by atoms with Crippen LogP contribution in [-0.4, -0.2) is 49.9 Å². The maximum atomic E-state index is 10.3. The Morgan fingerprint density at radius 2 is 1.43 bits per heavy atom. The number of rotatable bonds is 5. The first kappa shape index (κ1) is 28.0. The number of phenols is 1. The van der Waals surface area contributed by atoms with Crippen molar-refractivity contribution in [3.05, 3.63) is 65.2 Å². The van der Waals surface area contributed by atoms with Gasteiger partial charge in [0.05, 0.1) is 20.3 Å². The number of phenolic OH excluding ortho intramolecular Hbond substituents is 1. The van der Waals surface area contributed by atoms with Crippen LogP contribution in [-0.2, 0) is 6.42 Å². The van der Waals surface area contributed by atoms with E-state index < -0.39 is 12.0 Å². The van der Waals surface area contributed by atoms with Crippen molar-refractivity contribution in [3.63, 3.8) is 0 Å². The molecule has 1 unspecified atom stereocenters. The molecule has 0 radical (unpaired) electrons. The number of nitrogens with zero attached hydrogens (tertiary/aromatic N) is 5. The highest BCUT2D eigenvalue weighted by Gasteiger charge is 2.31. The van der Waals surface area contributed by atoms with E-state index in [1.165, 1.54) is 0 Å². The van der Waals surface area contributed by atoms with Crippen LogP contribution in [0.3, 0.4) is 0 Å². The average molecular weight is 572 g/mol. The number of hydrazone groups is 2. The van der Waals surface area contributed by atoms with Crippen LogP contribution >= 0.6 is 0 Å². The van der Waals surface area contributed by atoms with Gasteiger partial charge in [0, 0.05) is 6.54 Å². The van der Waals surface area contributed by atoms with Gasteiger partial charge < -0.3 is 35.7 Å². The molecule has 1 heterocycles. The van der Waals surface area contributed by atoms with E-state index in [0.717, 1.165) is 38.2 Å². The summed E-state index contributed by atoms with van der Waals surface area (Å²) in [6.45, 7) is 0.706. The average Bonchev–Trinajstić information content (AvgIpc) is 3.01. The molecule has 0 saturated heterocycles. The second kappa shape index (κ2) is 11.5. The summed E-state index contributed by atoms with van der Waals surface area (Å²) in [4.78, 5) is 2.21. The molecule has 4 aromatic carbocycles. The summed E-state index contributed by atoms with van der Waals surface area (Å²) in [5.74, 6) is 12.2. The molecule has 5 rings (SSSR count). The molecule has 0 aliphatic carbocycles. The van der Waals surface area contributed by atoms with Gasteiger partial charge in [-0.1, -0.05) is 16.3 Å². The zero-order valence-electron chi connectivity index (χ0n) is 23.1. The molecule has 7 N–H and O–H groups in total. The van der Waals surface area contributed by atoms with Gasteiger partial charge in [0.1, 0.15) is 5.75 Å². The zero-order valence-corrected chi connectivity index (χ0v) is 23.1. The lowest BCUT2D eigenvalue weighted by Crippen LogP contribution is -2.33. The molecule has 0 saturated carbocycles. The Balaban J connectivity index is 1.80. The van der Waals surface area contributed by atoms with Crippen LogP contribution in [0.5, 0.6) is 28.7 Å². The van der Waals surface area contributed by atoms with Crippen molar-refractivity contribution in [2.45, 2.75) is 12.5 Å². The molecule has 0 fully saturated rings. The van der Waals surface area contributed by atoms with Crippen LogP contribution in [0.15, 0.2) is 69.0 Å². The lowest BCUT2D eigenvalue weighted by molar-refractivity contribution is 0.265. The summed E-state index contributed by atoms with van der Waals surface area (Å²) < 4.78 is 22.6. The summed E-state index contributed by atoms with van der Waals surface area (Å²) in [6, 6.07) is 13.6. The first-order valence-corrected chi connectivity index (χ1v) is 12.7. The molecule has 0 spiro atoms. The van der Waals surface area contributed by atoms with Gasteiger partial charge in [0.2, 0.25) is 0 Å². The predicted octanol–water partition coefficient (Wildman–Crippen LogP) is 4.57. The van der Waals surface area contributed by atoms with E-state index in [0.29, 0.717) is 24.5 Å². The summed E-state index contributed by atoms with van der Waals surface area (Å²) >= 11 is 0. The Morgan fingerprint density at radius 1 is 0.810 bits per heavy atom. The van der Waals surface area contributed by atoms with Crippen LogP contribution in [0.25, 0.3) is 21.5 Å². The number of amidine groups is 2. The third-order valence-corrected chi connectivity index (χ3v) is 7.26. The van der Waals surface area contributed by atoms with Gasteiger partial charge in [-0.3, -0.25) is 4.90 Å². The standard InChI is InChI=1S/C28H29N9O5/c1-37-7-6-15-9-24(41-27(33-29)34-30)25(42-28(35-31)36-32)11-18(15)26(37)21-8-14-4-5-16(38)10-17(14)19-12-22(39-2)23(40-3)13-20(19)21/h4-5,8-13,26,29,31,38H,6-7,30,32H2,1-3H3. The number of methoxy groups -OCH3 is 2. The molecule has 0 amide bonds. The predicted molar refractivity (Wildman–Crippen MR) is 156 cm³/mol. The fourth-order valence-electron chi connectivity index (χ4n) is 5.38. The minimum Gasteiger partial charge on any atom is -0.508 e. The Hall–Kier alpha value is -5.50. The van der Waals surface area contributed by atoms with Gasteiger partial charge in [-0.05, 0) is 94.2 Å². The monoisotopic (exact) mass is 571 g/mol.